The lowest BCUT2D eigenvalue weighted by Gasteiger charge is -2.29. The number of nitrogens with zero attached hydrogens (tertiary/aromatic N) is 2. The van der Waals surface area contributed by atoms with Crippen molar-refractivity contribution in [2.45, 2.75) is 18.2 Å². The highest BCUT2D eigenvalue weighted by molar-refractivity contribution is 6.30. The number of hydrogen-bond donors (Lipinski definition) is 0. The Kier molecular flexibility index (Phi) is 3.75. The average molecular weight is 345 g/mol. The predicted molar refractivity (Wildman–Crippen MR) is 75.6 cm³/mol. The van der Waals surface area contributed by atoms with Gasteiger partial charge >= 0.3 is 6.18 Å². The Labute approximate surface area is 133 Å². The molecule has 1 atom stereocenters. The van der Waals surface area contributed by atoms with E-state index in [4.69, 9.17) is 16.4 Å². The first-order valence-electron chi connectivity index (χ1n) is 6.51. The van der Waals surface area contributed by atoms with Gasteiger partial charge in [0.05, 0.1) is 17.2 Å². The molecule has 0 saturated heterocycles. The van der Waals surface area contributed by atoms with Crippen molar-refractivity contribution < 1.29 is 22.4 Å². The zero-order valence-electron chi connectivity index (χ0n) is 11.4. The van der Waals surface area contributed by atoms with Crippen molar-refractivity contribution in [1.82, 2.24) is 4.98 Å². The molecule has 2 heterocycles. The lowest BCUT2D eigenvalue weighted by atomic mass is 9.87. The van der Waals surface area contributed by atoms with Gasteiger partial charge in [0.15, 0.2) is 0 Å². The molecule has 1 aliphatic rings. The van der Waals surface area contributed by atoms with Gasteiger partial charge in [-0.2, -0.15) is 13.2 Å². The standard InChI is InChI=1S/C15H9ClF4N2O/c16-11-6-10(3-4-12(11)17)14(15(18,19)20)7-13(22-23-14)9-2-1-5-21-8-9/h1-6,8H,7H2. The lowest BCUT2D eigenvalue weighted by Crippen LogP contribution is -2.42. The molecule has 0 amide bonds. The van der Waals surface area contributed by atoms with Crippen LogP contribution in [0.3, 0.4) is 0 Å². The lowest BCUT2D eigenvalue weighted by molar-refractivity contribution is -0.275. The third-order valence-electron chi connectivity index (χ3n) is 3.57. The van der Waals surface area contributed by atoms with Crippen LogP contribution in [0.2, 0.25) is 5.02 Å². The van der Waals surface area contributed by atoms with E-state index in [0.717, 1.165) is 18.2 Å². The van der Waals surface area contributed by atoms with Crippen molar-refractivity contribution in [1.29, 1.82) is 0 Å². The van der Waals surface area contributed by atoms with Gasteiger partial charge in [-0.15, -0.1) is 0 Å². The normalized spacial score (nSPS) is 21.0. The van der Waals surface area contributed by atoms with Crippen LogP contribution in [0.1, 0.15) is 17.5 Å². The molecule has 120 valence electrons. The van der Waals surface area contributed by atoms with E-state index < -0.39 is 29.0 Å². The first-order valence-corrected chi connectivity index (χ1v) is 6.89. The SMILES string of the molecule is Fc1ccc(C2(C(F)(F)F)CC(c3cccnc3)=NO2)cc1Cl. The monoisotopic (exact) mass is 344 g/mol. The highest BCUT2D eigenvalue weighted by Crippen LogP contribution is 2.49. The molecule has 0 aliphatic carbocycles. The molecule has 1 unspecified atom stereocenters. The molecule has 3 rings (SSSR count). The number of aromatic nitrogens is 1. The van der Waals surface area contributed by atoms with Crippen molar-refractivity contribution >= 4 is 17.3 Å². The zero-order valence-corrected chi connectivity index (χ0v) is 12.2. The third-order valence-corrected chi connectivity index (χ3v) is 3.86. The van der Waals surface area contributed by atoms with Gasteiger partial charge in [-0.25, -0.2) is 4.39 Å². The summed E-state index contributed by atoms with van der Waals surface area (Å²) in [4.78, 5) is 8.66. The van der Waals surface area contributed by atoms with E-state index >= 15 is 0 Å². The molecule has 23 heavy (non-hydrogen) atoms. The van der Waals surface area contributed by atoms with Gasteiger partial charge in [0.2, 0.25) is 0 Å². The van der Waals surface area contributed by atoms with Crippen molar-refractivity contribution in [3.05, 3.63) is 64.7 Å². The molecule has 0 radical (unpaired) electrons. The highest BCUT2D eigenvalue weighted by atomic mass is 35.5. The average Bonchev–Trinajstić information content (AvgIpc) is 2.97. The molecule has 0 N–H and O–H groups in total. The van der Waals surface area contributed by atoms with Crippen molar-refractivity contribution in [2.75, 3.05) is 0 Å². The first kappa shape index (κ1) is 15.7. The maximum absolute atomic E-state index is 13.7. The van der Waals surface area contributed by atoms with Gasteiger partial charge in [0.1, 0.15) is 5.82 Å². The molecule has 0 fully saturated rings. The summed E-state index contributed by atoms with van der Waals surface area (Å²) in [7, 11) is 0. The summed E-state index contributed by atoms with van der Waals surface area (Å²) in [5.41, 5.74) is -2.48. The van der Waals surface area contributed by atoms with Gasteiger partial charge in [0.25, 0.3) is 5.60 Å². The highest BCUT2D eigenvalue weighted by Gasteiger charge is 2.62. The van der Waals surface area contributed by atoms with Crippen molar-refractivity contribution in [3.8, 4) is 0 Å². The summed E-state index contributed by atoms with van der Waals surface area (Å²) in [5.74, 6) is -0.806. The Morgan fingerprint density at radius 3 is 2.61 bits per heavy atom. The van der Waals surface area contributed by atoms with Crippen LogP contribution in [0.4, 0.5) is 17.6 Å². The molecular formula is C15H9ClF4N2O. The number of pyridine rings is 1. The maximum Gasteiger partial charge on any atom is 0.435 e. The summed E-state index contributed by atoms with van der Waals surface area (Å²) >= 11 is 5.61. The van der Waals surface area contributed by atoms with Crippen molar-refractivity contribution in [2.24, 2.45) is 5.16 Å². The van der Waals surface area contributed by atoms with Gasteiger partial charge < -0.3 is 4.84 Å². The number of benzene rings is 1. The van der Waals surface area contributed by atoms with E-state index in [1.54, 1.807) is 12.1 Å². The van der Waals surface area contributed by atoms with Crippen molar-refractivity contribution in [3.63, 3.8) is 0 Å². The molecule has 0 bridgehead atoms. The van der Waals surface area contributed by atoms with Crippen LogP contribution in [-0.2, 0) is 10.4 Å². The molecule has 1 aromatic heterocycles. The van der Waals surface area contributed by atoms with Gasteiger partial charge in [0, 0.05) is 23.5 Å². The number of alkyl halides is 3. The predicted octanol–water partition coefficient (Wildman–Crippen LogP) is 4.46. The largest absolute Gasteiger partial charge is 0.435 e. The van der Waals surface area contributed by atoms with E-state index in [1.807, 2.05) is 0 Å². The Bertz CT molecular complexity index is 764. The molecular weight excluding hydrogens is 336 g/mol. The summed E-state index contributed by atoms with van der Waals surface area (Å²) < 4.78 is 54.3. The summed E-state index contributed by atoms with van der Waals surface area (Å²) in [5, 5.41) is 3.16. The molecule has 0 spiro atoms. The fourth-order valence-electron chi connectivity index (χ4n) is 2.34. The summed E-state index contributed by atoms with van der Waals surface area (Å²) in [6.07, 6.45) is -2.42. The minimum absolute atomic E-state index is 0.107. The van der Waals surface area contributed by atoms with E-state index in [9.17, 15) is 17.6 Å². The Morgan fingerprint density at radius 1 is 1.22 bits per heavy atom. The quantitative estimate of drug-likeness (QED) is 0.754. The van der Waals surface area contributed by atoms with Crippen LogP contribution >= 0.6 is 11.6 Å². The van der Waals surface area contributed by atoms with Gasteiger partial charge in [-0.1, -0.05) is 22.8 Å². The number of hydrogen-bond acceptors (Lipinski definition) is 3. The van der Waals surface area contributed by atoms with Gasteiger partial charge in [-0.3, -0.25) is 4.98 Å². The van der Waals surface area contributed by atoms with Crippen LogP contribution in [0.5, 0.6) is 0 Å². The fraction of sp³-hybridized carbons (Fsp3) is 0.200. The first-order chi connectivity index (χ1) is 10.8. The van der Waals surface area contributed by atoms with E-state index in [-0.39, 0.29) is 11.3 Å². The number of halogens is 5. The molecule has 1 aliphatic heterocycles. The maximum atomic E-state index is 13.7. The smallest absolute Gasteiger partial charge is 0.374 e. The summed E-state index contributed by atoms with van der Waals surface area (Å²) in [6.45, 7) is 0. The second kappa shape index (κ2) is 5.49. The topological polar surface area (TPSA) is 34.5 Å². The molecule has 1 aromatic carbocycles. The van der Waals surface area contributed by atoms with E-state index in [1.165, 1.54) is 12.4 Å². The Hall–Kier alpha value is -2.15. The molecule has 2 aromatic rings. The number of rotatable bonds is 2. The van der Waals surface area contributed by atoms with Gasteiger partial charge in [-0.05, 0) is 24.3 Å². The molecule has 3 nitrogen and oxygen atoms in total. The fourth-order valence-corrected chi connectivity index (χ4v) is 2.52. The second-order valence-electron chi connectivity index (χ2n) is 5.00. The zero-order chi connectivity index (χ0) is 16.7. The van der Waals surface area contributed by atoms with Crippen LogP contribution in [0, 0.1) is 5.82 Å². The Balaban J connectivity index is 2.03. The minimum Gasteiger partial charge on any atom is -0.374 e. The Morgan fingerprint density at radius 2 is 2.00 bits per heavy atom. The second-order valence-corrected chi connectivity index (χ2v) is 5.41. The third kappa shape index (κ3) is 2.65. The van der Waals surface area contributed by atoms with Crippen LogP contribution in [-0.4, -0.2) is 16.9 Å². The van der Waals surface area contributed by atoms with E-state index in [0.29, 0.717) is 5.56 Å². The number of oxime groups is 1. The van der Waals surface area contributed by atoms with Crippen LogP contribution in [0.25, 0.3) is 0 Å². The molecule has 0 saturated carbocycles. The van der Waals surface area contributed by atoms with Crippen LogP contribution < -0.4 is 0 Å². The van der Waals surface area contributed by atoms with Crippen LogP contribution in [0.15, 0.2) is 47.9 Å². The van der Waals surface area contributed by atoms with E-state index in [2.05, 4.69) is 10.1 Å². The molecule has 8 heteroatoms. The summed E-state index contributed by atoms with van der Waals surface area (Å²) in [6, 6.07) is 5.94. The minimum atomic E-state index is -4.76.